The molecule has 23 heavy (non-hydrogen) atoms. The SMILES string of the molecule is CCc1c(N2C(=O)N3CC[C@H](O)C3(C)C2=O)ccc(C#N)c1Cl. The number of halogens is 1. The molecular formula is C16H16ClN3O3. The number of rotatable bonds is 2. The number of urea groups is 1. The molecule has 2 aliphatic rings. The predicted molar refractivity (Wildman–Crippen MR) is 84.2 cm³/mol. The first-order valence-corrected chi connectivity index (χ1v) is 7.81. The van der Waals surface area contributed by atoms with E-state index in [1.54, 1.807) is 13.0 Å². The molecule has 2 saturated heterocycles. The molecule has 1 N–H and O–H groups in total. The van der Waals surface area contributed by atoms with Crippen LogP contribution in [-0.2, 0) is 11.2 Å². The maximum absolute atomic E-state index is 12.9. The van der Waals surface area contributed by atoms with Gasteiger partial charge in [0.25, 0.3) is 5.91 Å². The molecule has 3 amide bonds. The summed E-state index contributed by atoms with van der Waals surface area (Å²) in [5.74, 6) is -0.456. The van der Waals surface area contributed by atoms with Crippen LogP contribution in [-0.4, -0.2) is 40.1 Å². The van der Waals surface area contributed by atoms with Crippen molar-refractivity contribution in [3.05, 3.63) is 28.3 Å². The van der Waals surface area contributed by atoms with Gasteiger partial charge in [0, 0.05) is 6.54 Å². The summed E-state index contributed by atoms with van der Waals surface area (Å²) in [7, 11) is 0. The summed E-state index contributed by atoms with van der Waals surface area (Å²) in [5, 5.41) is 19.5. The van der Waals surface area contributed by atoms with Crippen LogP contribution in [0, 0.1) is 11.3 Å². The Balaban J connectivity index is 2.14. The van der Waals surface area contributed by atoms with Crippen molar-refractivity contribution in [3.8, 4) is 6.07 Å². The van der Waals surface area contributed by atoms with Gasteiger partial charge in [-0.15, -0.1) is 0 Å². The number of nitriles is 1. The summed E-state index contributed by atoms with van der Waals surface area (Å²) in [5.41, 5.74) is 0.0294. The van der Waals surface area contributed by atoms with E-state index in [0.717, 1.165) is 4.90 Å². The highest BCUT2D eigenvalue weighted by atomic mass is 35.5. The second kappa shape index (κ2) is 5.22. The van der Waals surface area contributed by atoms with Gasteiger partial charge in [0.2, 0.25) is 0 Å². The molecule has 0 radical (unpaired) electrons. The third-order valence-electron chi connectivity index (χ3n) is 4.83. The van der Waals surface area contributed by atoms with Crippen LogP contribution < -0.4 is 4.90 Å². The van der Waals surface area contributed by atoms with Crippen LogP contribution in [0.3, 0.4) is 0 Å². The Kier molecular flexibility index (Phi) is 3.58. The van der Waals surface area contributed by atoms with E-state index < -0.39 is 23.6 Å². The number of hydrogen-bond donors (Lipinski definition) is 1. The average Bonchev–Trinajstić information content (AvgIpc) is 2.93. The van der Waals surface area contributed by atoms with Crippen molar-refractivity contribution >= 4 is 29.2 Å². The fourth-order valence-electron chi connectivity index (χ4n) is 3.39. The summed E-state index contributed by atoms with van der Waals surface area (Å²) < 4.78 is 0. The van der Waals surface area contributed by atoms with Gasteiger partial charge in [-0.05, 0) is 37.5 Å². The number of amides is 3. The molecule has 1 aromatic rings. The lowest BCUT2D eigenvalue weighted by atomic mass is 9.95. The molecule has 120 valence electrons. The molecule has 2 atom stereocenters. The lowest BCUT2D eigenvalue weighted by Crippen LogP contribution is -2.49. The number of aliphatic hydroxyl groups is 1. The second-order valence-corrected chi connectivity index (χ2v) is 6.29. The molecule has 0 spiro atoms. The minimum atomic E-state index is -1.23. The number of nitrogens with zero attached hydrogens (tertiary/aromatic N) is 3. The highest BCUT2D eigenvalue weighted by Gasteiger charge is 2.61. The van der Waals surface area contributed by atoms with Crippen LogP contribution in [0.25, 0.3) is 0 Å². The Labute approximate surface area is 138 Å². The van der Waals surface area contributed by atoms with Crippen LogP contribution in [0.15, 0.2) is 12.1 Å². The maximum atomic E-state index is 12.9. The molecular weight excluding hydrogens is 318 g/mol. The number of carbonyl (C=O) groups is 2. The molecule has 1 unspecified atom stereocenters. The van der Waals surface area contributed by atoms with Crippen molar-refractivity contribution in [3.63, 3.8) is 0 Å². The van der Waals surface area contributed by atoms with E-state index in [9.17, 15) is 14.7 Å². The van der Waals surface area contributed by atoms with Gasteiger partial charge >= 0.3 is 6.03 Å². The molecule has 0 bridgehead atoms. The van der Waals surface area contributed by atoms with Gasteiger partial charge in [-0.25, -0.2) is 9.69 Å². The molecule has 0 aromatic heterocycles. The normalized spacial score (nSPS) is 26.7. The maximum Gasteiger partial charge on any atom is 0.332 e. The number of aliphatic hydroxyl groups excluding tert-OH is 1. The number of carbonyl (C=O) groups excluding carboxylic acids is 2. The number of benzene rings is 1. The van der Waals surface area contributed by atoms with Gasteiger partial charge in [0.05, 0.1) is 22.4 Å². The summed E-state index contributed by atoms with van der Waals surface area (Å²) >= 11 is 6.24. The third kappa shape index (κ3) is 1.90. The Hall–Kier alpha value is -2.10. The summed E-state index contributed by atoms with van der Waals surface area (Å²) in [6.45, 7) is 3.76. The predicted octanol–water partition coefficient (Wildman–Crippen LogP) is 2.07. The van der Waals surface area contributed by atoms with Gasteiger partial charge < -0.3 is 10.0 Å². The summed E-state index contributed by atoms with van der Waals surface area (Å²) in [6.07, 6.45) is -0.0285. The molecule has 3 rings (SSSR count). The van der Waals surface area contributed by atoms with Gasteiger partial charge in [0.15, 0.2) is 0 Å². The van der Waals surface area contributed by atoms with E-state index in [-0.39, 0.29) is 5.02 Å². The fraction of sp³-hybridized carbons (Fsp3) is 0.438. The van der Waals surface area contributed by atoms with E-state index in [4.69, 9.17) is 16.9 Å². The Morgan fingerprint density at radius 1 is 1.48 bits per heavy atom. The fourth-order valence-corrected chi connectivity index (χ4v) is 3.72. The molecule has 2 heterocycles. The van der Waals surface area contributed by atoms with Gasteiger partial charge in [-0.1, -0.05) is 18.5 Å². The Morgan fingerprint density at radius 2 is 2.17 bits per heavy atom. The highest BCUT2D eigenvalue weighted by molar-refractivity contribution is 6.33. The number of hydrogen-bond acceptors (Lipinski definition) is 4. The molecule has 7 heteroatoms. The van der Waals surface area contributed by atoms with Crippen molar-refractivity contribution < 1.29 is 14.7 Å². The first-order chi connectivity index (χ1) is 10.9. The van der Waals surface area contributed by atoms with Crippen LogP contribution in [0.4, 0.5) is 10.5 Å². The smallest absolute Gasteiger partial charge is 0.332 e. The van der Waals surface area contributed by atoms with E-state index in [2.05, 4.69) is 0 Å². The molecule has 2 fully saturated rings. The lowest BCUT2D eigenvalue weighted by molar-refractivity contribution is -0.126. The van der Waals surface area contributed by atoms with E-state index in [1.165, 1.54) is 11.0 Å². The standard InChI is InChI=1S/C16H16ClN3O3/c1-3-10-11(5-4-9(8-18)13(10)17)20-14(22)16(2)12(21)6-7-19(16)15(20)23/h4-5,12,21H,3,6-7H2,1-2H3/t12-,16?/m0/s1. The van der Waals surface area contributed by atoms with E-state index in [1.807, 2.05) is 13.0 Å². The molecule has 0 aliphatic carbocycles. The zero-order valence-electron chi connectivity index (χ0n) is 12.8. The molecule has 6 nitrogen and oxygen atoms in total. The number of fused-ring (bicyclic) bond motifs is 1. The van der Waals surface area contributed by atoms with Crippen LogP contribution in [0.2, 0.25) is 5.02 Å². The van der Waals surface area contributed by atoms with Gasteiger partial charge in [-0.2, -0.15) is 5.26 Å². The van der Waals surface area contributed by atoms with Crippen molar-refractivity contribution in [1.29, 1.82) is 5.26 Å². The Bertz CT molecular complexity index is 758. The third-order valence-corrected chi connectivity index (χ3v) is 5.26. The second-order valence-electron chi connectivity index (χ2n) is 5.92. The number of imide groups is 1. The minimum absolute atomic E-state index is 0.255. The molecule has 0 saturated carbocycles. The Morgan fingerprint density at radius 3 is 2.74 bits per heavy atom. The van der Waals surface area contributed by atoms with Crippen LogP contribution in [0.1, 0.15) is 31.4 Å². The molecule has 1 aromatic carbocycles. The van der Waals surface area contributed by atoms with Crippen molar-refractivity contribution in [2.45, 2.75) is 38.3 Å². The van der Waals surface area contributed by atoms with Crippen molar-refractivity contribution in [2.75, 3.05) is 11.4 Å². The topological polar surface area (TPSA) is 84.6 Å². The van der Waals surface area contributed by atoms with E-state index in [0.29, 0.717) is 36.2 Å². The summed E-state index contributed by atoms with van der Waals surface area (Å²) in [4.78, 5) is 28.0. The van der Waals surface area contributed by atoms with Gasteiger partial charge in [-0.3, -0.25) is 4.79 Å². The zero-order chi connectivity index (χ0) is 16.9. The molecule has 2 aliphatic heterocycles. The zero-order valence-corrected chi connectivity index (χ0v) is 13.6. The monoisotopic (exact) mass is 333 g/mol. The first-order valence-electron chi connectivity index (χ1n) is 7.43. The quantitative estimate of drug-likeness (QED) is 0.840. The number of anilines is 1. The largest absolute Gasteiger partial charge is 0.390 e. The lowest BCUT2D eigenvalue weighted by Gasteiger charge is -2.26. The first kappa shape index (κ1) is 15.8. The average molecular weight is 334 g/mol. The van der Waals surface area contributed by atoms with Crippen LogP contribution in [0.5, 0.6) is 0 Å². The highest BCUT2D eigenvalue weighted by Crippen LogP contribution is 2.42. The van der Waals surface area contributed by atoms with Crippen molar-refractivity contribution in [1.82, 2.24) is 4.90 Å². The van der Waals surface area contributed by atoms with Gasteiger partial charge in [0.1, 0.15) is 11.6 Å². The van der Waals surface area contributed by atoms with E-state index >= 15 is 0 Å². The summed E-state index contributed by atoms with van der Waals surface area (Å²) in [6, 6.07) is 4.61. The van der Waals surface area contributed by atoms with Crippen LogP contribution >= 0.6 is 11.6 Å². The minimum Gasteiger partial charge on any atom is -0.390 e. The van der Waals surface area contributed by atoms with Crippen molar-refractivity contribution in [2.24, 2.45) is 0 Å².